The fourth-order valence-electron chi connectivity index (χ4n) is 2.45. The molecule has 0 bridgehead atoms. The first-order chi connectivity index (χ1) is 7.82. The van der Waals surface area contributed by atoms with Crippen LogP contribution in [0.4, 0.5) is 0 Å². The lowest BCUT2D eigenvalue weighted by atomic mass is 9.56. The Kier molecular flexibility index (Phi) is 4.07. The summed E-state index contributed by atoms with van der Waals surface area (Å²) in [5, 5.41) is 0. The van der Waals surface area contributed by atoms with Gasteiger partial charge in [-0.3, -0.25) is 0 Å². The highest BCUT2D eigenvalue weighted by Gasteiger charge is 2.58. The van der Waals surface area contributed by atoms with Crippen molar-refractivity contribution in [3.8, 4) is 0 Å². The number of aliphatic imine (C=N–C) groups is 1. The Labute approximate surface area is 105 Å². The quantitative estimate of drug-likeness (QED) is 0.603. The van der Waals surface area contributed by atoms with Crippen molar-refractivity contribution in [2.45, 2.75) is 52.7 Å². The second-order valence-electron chi connectivity index (χ2n) is 5.54. The van der Waals surface area contributed by atoms with Crippen LogP contribution in [0.3, 0.4) is 0 Å². The minimum absolute atomic E-state index is 0.0412. The number of hydrogen-bond acceptors (Lipinski definition) is 2. The number of nitrogens with zero attached hydrogens (tertiary/aromatic N) is 2. The highest BCUT2D eigenvalue weighted by atomic mass is 16.5. The minimum Gasteiger partial charge on any atom is -0.378 e. The molecule has 100 valence electrons. The van der Waals surface area contributed by atoms with Gasteiger partial charge in [0.2, 0.25) is 0 Å². The van der Waals surface area contributed by atoms with Gasteiger partial charge in [0, 0.05) is 25.6 Å². The predicted octanol–water partition coefficient (Wildman–Crippen LogP) is 1.85. The lowest BCUT2D eigenvalue weighted by molar-refractivity contribution is -0.171. The lowest BCUT2D eigenvalue weighted by Gasteiger charge is -2.57. The summed E-state index contributed by atoms with van der Waals surface area (Å²) in [5.41, 5.74) is 6.00. The Morgan fingerprint density at radius 3 is 2.24 bits per heavy atom. The number of ether oxygens (including phenoxy) is 1. The van der Waals surface area contributed by atoms with Crippen LogP contribution in [0.25, 0.3) is 0 Å². The first kappa shape index (κ1) is 14.3. The Morgan fingerprint density at radius 2 is 1.88 bits per heavy atom. The van der Waals surface area contributed by atoms with Crippen molar-refractivity contribution in [3.63, 3.8) is 0 Å². The Balaban J connectivity index is 2.76. The van der Waals surface area contributed by atoms with Gasteiger partial charge in [-0.05, 0) is 27.2 Å². The standard InChI is InChI=1S/C13H27N3O/c1-7-16(8-2)11(14)15-10-9-13(5,17-6)12(10,3)4/h10H,7-9H2,1-6H3,(H2,14,15). The van der Waals surface area contributed by atoms with Gasteiger partial charge < -0.3 is 15.4 Å². The monoisotopic (exact) mass is 241 g/mol. The van der Waals surface area contributed by atoms with Crippen molar-refractivity contribution in [2.24, 2.45) is 16.1 Å². The second-order valence-corrected chi connectivity index (χ2v) is 5.54. The van der Waals surface area contributed by atoms with Gasteiger partial charge in [0.15, 0.2) is 5.96 Å². The zero-order valence-electron chi connectivity index (χ0n) is 12.1. The Hall–Kier alpha value is -0.770. The van der Waals surface area contributed by atoms with Crippen LogP contribution in [0.15, 0.2) is 4.99 Å². The zero-order valence-corrected chi connectivity index (χ0v) is 12.1. The first-order valence-corrected chi connectivity index (χ1v) is 6.45. The van der Waals surface area contributed by atoms with E-state index in [0.29, 0.717) is 5.96 Å². The SMILES string of the molecule is CCN(CC)C(N)=NC1CC(C)(OC)C1(C)C. The van der Waals surface area contributed by atoms with Gasteiger partial charge in [-0.1, -0.05) is 13.8 Å². The molecule has 1 rings (SSSR count). The largest absolute Gasteiger partial charge is 0.378 e. The van der Waals surface area contributed by atoms with Crippen molar-refractivity contribution in [2.75, 3.05) is 20.2 Å². The van der Waals surface area contributed by atoms with E-state index >= 15 is 0 Å². The molecule has 4 nitrogen and oxygen atoms in total. The Morgan fingerprint density at radius 1 is 1.35 bits per heavy atom. The molecule has 17 heavy (non-hydrogen) atoms. The van der Waals surface area contributed by atoms with E-state index in [-0.39, 0.29) is 17.1 Å². The molecule has 1 saturated carbocycles. The van der Waals surface area contributed by atoms with E-state index in [9.17, 15) is 0 Å². The van der Waals surface area contributed by atoms with E-state index in [4.69, 9.17) is 10.5 Å². The average Bonchev–Trinajstić information content (AvgIpc) is 2.29. The molecule has 1 fully saturated rings. The third-order valence-corrected chi connectivity index (χ3v) is 4.60. The average molecular weight is 241 g/mol. The summed E-state index contributed by atoms with van der Waals surface area (Å²) in [6.45, 7) is 12.5. The van der Waals surface area contributed by atoms with Crippen LogP contribution in [0.1, 0.15) is 41.0 Å². The van der Waals surface area contributed by atoms with Crippen molar-refractivity contribution < 1.29 is 4.74 Å². The summed E-state index contributed by atoms with van der Waals surface area (Å²) in [5.74, 6) is 0.659. The predicted molar refractivity (Wildman–Crippen MR) is 72.1 cm³/mol. The molecule has 0 aromatic rings. The minimum atomic E-state index is -0.0787. The van der Waals surface area contributed by atoms with Gasteiger partial charge >= 0.3 is 0 Å². The van der Waals surface area contributed by atoms with Crippen molar-refractivity contribution in [3.05, 3.63) is 0 Å². The van der Waals surface area contributed by atoms with Gasteiger partial charge in [-0.25, -0.2) is 4.99 Å². The normalized spacial score (nSPS) is 32.1. The summed E-state index contributed by atoms with van der Waals surface area (Å²) in [7, 11) is 1.77. The van der Waals surface area contributed by atoms with Gasteiger partial charge in [0.25, 0.3) is 0 Å². The molecule has 2 unspecified atom stereocenters. The van der Waals surface area contributed by atoms with Crippen LogP contribution in [0, 0.1) is 5.41 Å². The maximum Gasteiger partial charge on any atom is 0.191 e. The molecule has 0 aromatic heterocycles. The highest BCUT2D eigenvalue weighted by Crippen LogP contribution is 2.53. The van der Waals surface area contributed by atoms with Crippen LogP contribution < -0.4 is 5.73 Å². The van der Waals surface area contributed by atoms with E-state index in [1.165, 1.54) is 0 Å². The summed E-state index contributed by atoms with van der Waals surface area (Å²) >= 11 is 0. The van der Waals surface area contributed by atoms with Crippen molar-refractivity contribution >= 4 is 5.96 Å². The first-order valence-electron chi connectivity index (χ1n) is 6.45. The van der Waals surface area contributed by atoms with Gasteiger partial charge in [-0.2, -0.15) is 0 Å². The number of rotatable bonds is 4. The Bertz CT molecular complexity index is 297. The molecule has 0 aliphatic heterocycles. The molecule has 0 amide bonds. The smallest absolute Gasteiger partial charge is 0.191 e. The van der Waals surface area contributed by atoms with E-state index in [1.54, 1.807) is 7.11 Å². The van der Waals surface area contributed by atoms with Gasteiger partial charge in [0.05, 0.1) is 11.6 Å². The van der Waals surface area contributed by atoms with Crippen LogP contribution in [-0.4, -0.2) is 42.7 Å². The zero-order chi connectivity index (χ0) is 13.3. The van der Waals surface area contributed by atoms with Crippen LogP contribution in [0.2, 0.25) is 0 Å². The summed E-state index contributed by atoms with van der Waals surface area (Å²) in [6, 6.07) is 0.257. The highest BCUT2D eigenvalue weighted by molar-refractivity contribution is 5.78. The fraction of sp³-hybridized carbons (Fsp3) is 0.923. The molecule has 0 radical (unpaired) electrons. The molecule has 0 saturated heterocycles. The van der Waals surface area contributed by atoms with Crippen LogP contribution in [0.5, 0.6) is 0 Å². The second kappa shape index (κ2) is 4.84. The van der Waals surface area contributed by atoms with Crippen molar-refractivity contribution in [1.29, 1.82) is 0 Å². The molecule has 1 aliphatic carbocycles. The molecule has 1 aliphatic rings. The lowest BCUT2D eigenvalue weighted by Crippen LogP contribution is -2.63. The molecular weight excluding hydrogens is 214 g/mol. The molecule has 0 heterocycles. The maximum absolute atomic E-state index is 6.04. The fourth-order valence-corrected chi connectivity index (χ4v) is 2.45. The maximum atomic E-state index is 6.04. The molecule has 4 heteroatoms. The van der Waals surface area contributed by atoms with E-state index in [1.807, 2.05) is 0 Å². The van der Waals surface area contributed by atoms with Gasteiger partial charge in [0.1, 0.15) is 0 Å². The number of hydrogen-bond donors (Lipinski definition) is 1. The number of nitrogens with two attached hydrogens (primary N) is 1. The summed E-state index contributed by atoms with van der Waals surface area (Å²) in [6.07, 6.45) is 0.943. The number of methoxy groups -OCH3 is 1. The molecule has 2 atom stereocenters. The van der Waals surface area contributed by atoms with Crippen LogP contribution in [-0.2, 0) is 4.74 Å². The van der Waals surface area contributed by atoms with E-state index in [2.05, 4.69) is 44.5 Å². The summed E-state index contributed by atoms with van der Waals surface area (Å²) < 4.78 is 5.59. The van der Waals surface area contributed by atoms with Gasteiger partial charge in [-0.15, -0.1) is 0 Å². The van der Waals surface area contributed by atoms with E-state index in [0.717, 1.165) is 19.5 Å². The van der Waals surface area contributed by atoms with E-state index < -0.39 is 0 Å². The van der Waals surface area contributed by atoms with Crippen LogP contribution >= 0.6 is 0 Å². The topological polar surface area (TPSA) is 50.8 Å². The molecule has 0 aromatic carbocycles. The van der Waals surface area contributed by atoms with Crippen molar-refractivity contribution in [1.82, 2.24) is 4.90 Å². The number of guanidine groups is 1. The molecule has 2 N–H and O–H groups in total. The summed E-state index contributed by atoms with van der Waals surface area (Å²) in [4.78, 5) is 6.74. The molecule has 0 spiro atoms. The third-order valence-electron chi connectivity index (χ3n) is 4.60. The molecular formula is C13H27N3O. The third kappa shape index (κ3) is 2.28.